The largest absolute Gasteiger partial charge is 0.365 e. The number of primary amides is 1. The standard InChI is InChI=1S/C15H15FN2O3/c16-11-6-1-8-7-18(9-2-4-10(19)5-3-9)15(21)12(8)13(11)14(17)20/h1,6,9H,2-5,7H2,(H2,17,20). The summed E-state index contributed by atoms with van der Waals surface area (Å²) in [6.07, 6.45) is 2.16. The number of hydrogen-bond donors (Lipinski definition) is 1. The molecule has 3 rings (SSSR count). The predicted molar refractivity (Wildman–Crippen MR) is 72.1 cm³/mol. The maximum Gasteiger partial charge on any atom is 0.255 e. The molecule has 110 valence electrons. The number of carbonyl (C=O) groups excluding carboxylic acids is 3. The minimum absolute atomic E-state index is 0.0358. The Morgan fingerprint density at radius 2 is 1.90 bits per heavy atom. The Morgan fingerprint density at radius 1 is 1.24 bits per heavy atom. The van der Waals surface area contributed by atoms with Crippen molar-refractivity contribution in [2.45, 2.75) is 38.3 Å². The topological polar surface area (TPSA) is 80.5 Å². The first-order valence-electron chi connectivity index (χ1n) is 6.93. The first-order valence-corrected chi connectivity index (χ1v) is 6.93. The molecule has 2 aliphatic rings. The molecule has 2 amide bonds. The molecular formula is C15H15FN2O3. The number of Topliss-reactive ketones (excluding diaryl/α,β-unsaturated/α-hetero) is 1. The second-order valence-electron chi connectivity index (χ2n) is 5.52. The van der Waals surface area contributed by atoms with E-state index in [0.717, 1.165) is 0 Å². The van der Waals surface area contributed by atoms with E-state index >= 15 is 0 Å². The number of benzene rings is 1. The summed E-state index contributed by atoms with van der Waals surface area (Å²) in [5.74, 6) is -1.86. The Hall–Kier alpha value is -2.24. The van der Waals surface area contributed by atoms with Gasteiger partial charge in [-0.2, -0.15) is 0 Å². The van der Waals surface area contributed by atoms with Gasteiger partial charge in [-0.1, -0.05) is 6.07 Å². The van der Waals surface area contributed by atoms with Gasteiger partial charge in [-0.15, -0.1) is 0 Å². The molecule has 0 aromatic heterocycles. The molecule has 6 heteroatoms. The van der Waals surface area contributed by atoms with Crippen molar-refractivity contribution >= 4 is 17.6 Å². The van der Waals surface area contributed by atoms with Crippen LogP contribution < -0.4 is 5.73 Å². The number of carbonyl (C=O) groups is 3. The van der Waals surface area contributed by atoms with E-state index < -0.39 is 11.7 Å². The molecule has 0 atom stereocenters. The minimum Gasteiger partial charge on any atom is -0.365 e. The van der Waals surface area contributed by atoms with Gasteiger partial charge in [-0.3, -0.25) is 14.4 Å². The summed E-state index contributed by atoms with van der Waals surface area (Å²) in [6, 6.07) is 2.65. The van der Waals surface area contributed by atoms with Gasteiger partial charge < -0.3 is 10.6 Å². The summed E-state index contributed by atoms with van der Waals surface area (Å²) >= 11 is 0. The highest BCUT2D eigenvalue weighted by Gasteiger charge is 2.37. The fourth-order valence-corrected chi connectivity index (χ4v) is 3.17. The van der Waals surface area contributed by atoms with Crippen molar-refractivity contribution in [1.82, 2.24) is 4.90 Å². The molecule has 0 unspecified atom stereocenters. The number of halogens is 1. The van der Waals surface area contributed by atoms with Crippen LogP contribution in [0.5, 0.6) is 0 Å². The Kier molecular flexibility index (Phi) is 3.23. The molecule has 1 saturated carbocycles. The normalized spacial score (nSPS) is 19.0. The monoisotopic (exact) mass is 290 g/mol. The fourth-order valence-electron chi connectivity index (χ4n) is 3.17. The quantitative estimate of drug-likeness (QED) is 0.893. The molecule has 0 saturated heterocycles. The molecule has 5 nitrogen and oxygen atoms in total. The highest BCUT2D eigenvalue weighted by molar-refractivity contribution is 6.09. The van der Waals surface area contributed by atoms with E-state index in [9.17, 15) is 18.8 Å². The van der Waals surface area contributed by atoms with Crippen molar-refractivity contribution in [3.8, 4) is 0 Å². The third-order valence-corrected chi connectivity index (χ3v) is 4.26. The summed E-state index contributed by atoms with van der Waals surface area (Å²) in [4.78, 5) is 36.9. The number of nitrogens with zero attached hydrogens (tertiary/aromatic N) is 1. The first-order chi connectivity index (χ1) is 9.99. The van der Waals surface area contributed by atoms with Gasteiger partial charge in [0.05, 0.1) is 11.1 Å². The first kappa shape index (κ1) is 13.7. The number of fused-ring (bicyclic) bond motifs is 1. The lowest BCUT2D eigenvalue weighted by molar-refractivity contribution is -0.121. The number of amides is 2. The molecule has 2 N–H and O–H groups in total. The molecular weight excluding hydrogens is 275 g/mol. The highest BCUT2D eigenvalue weighted by atomic mass is 19.1. The average Bonchev–Trinajstić information content (AvgIpc) is 2.77. The Bertz CT molecular complexity index is 647. The lowest BCUT2D eigenvalue weighted by Gasteiger charge is -2.30. The van der Waals surface area contributed by atoms with Crippen molar-refractivity contribution in [2.75, 3.05) is 0 Å². The van der Waals surface area contributed by atoms with Crippen LogP contribution >= 0.6 is 0 Å². The summed E-state index contributed by atoms with van der Waals surface area (Å²) in [7, 11) is 0. The zero-order chi connectivity index (χ0) is 15.1. The van der Waals surface area contributed by atoms with E-state index in [4.69, 9.17) is 5.73 Å². The smallest absolute Gasteiger partial charge is 0.255 e. The molecule has 21 heavy (non-hydrogen) atoms. The lowest BCUT2D eigenvalue weighted by Crippen LogP contribution is -2.38. The van der Waals surface area contributed by atoms with E-state index in [1.165, 1.54) is 12.1 Å². The summed E-state index contributed by atoms with van der Waals surface area (Å²) in [5.41, 5.74) is 5.57. The van der Waals surface area contributed by atoms with Crippen molar-refractivity contribution < 1.29 is 18.8 Å². The molecule has 1 aliphatic heterocycles. The maximum absolute atomic E-state index is 13.8. The van der Waals surface area contributed by atoms with E-state index in [2.05, 4.69) is 0 Å². The third kappa shape index (κ3) is 2.20. The molecule has 1 aromatic carbocycles. The predicted octanol–water partition coefficient (Wildman–Crippen LogP) is 1.39. The van der Waals surface area contributed by atoms with Crippen molar-refractivity contribution in [2.24, 2.45) is 5.73 Å². The van der Waals surface area contributed by atoms with Crippen LogP contribution in [0, 0.1) is 5.82 Å². The molecule has 0 bridgehead atoms. The zero-order valence-electron chi connectivity index (χ0n) is 11.4. The fraction of sp³-hybridized carbons (Fsp3) is 0.400. The summed E-state index contributed by atoms with van der Waals surface area (Å²) in [5, 5.41) is 0. The van der Waals surface area contributed by atoms with Gasteiger partial charge in [0.25, 0.3) is 11.8 Å². The maximum atomic E-state index is 13.8. The molecule has 1 fully saturated rings. The van der Waals surface area contributed by atoms with Crippen LogP contribution in [0.25, 0.3) is 0 Å². The summed E-state index contributed by atoms with van der Waals surface area (Å²) in [6.45, 7) is 0.341. The second kappa shape index (κ2) is 4.95. The van der Waals surface area contributed by atoms with Gasteiger partial charge in [-0.05, 0) is 24.5 Å². The van der Waals surface area contributed by atoms with Crippen LogP contribution in [-0.2, 0) is 11.3 Å². The van der Waals surface area contributed by atoms with Gasteiger partial charge >= 0.3 is 0 Å². The van der Waals surface area contributed by atoms with Crippen molar-refractivity contribution in [1.29, 1.82) is 0 Å². The molecule has 0 radical (unpaired) electrons. The second-order valence-corrected chi connectivity index (χ2v) is 5.52. The third-order valence-electron chi connectivity index (χ3n) is 4.26. The van der Waals surface area contributed by atoms with E-state index in [1.54, 1.807) is 4.90 Å². The Balaban J connectivity index is 1.94. The minimum atomic E-state index is -0.932. The van der Waals surface area contributed by atoms with Crippen LogP contribution in [0.4, 0.5) is 4.39 Å². The number of rotatable bonds is 2. The average molecular weight is 290 g/mol. The van der Waals surface area contributed by atoms with Gasteiger partial charge in [-0.25, -0.2) is 4.39 Å². The zero-order valence-corrected chi connectivity index (χ0v) is 11.4. The van der Waals surface area contributed by atoms with E-state index in [0.29, 0.717) is 37.8 Å². The number of hydrogen-bond acceptors (Lipinski definition) is 3. The number of nitrogens with two attached hydrogens (primary N) is 1. The van der Waals surface area contributed by atoms with Gasteiger partial charge in [0.1, 0.15) is 11.6 Å². The highest BCUT2D eigenvalue weighted by Crippen LogP contribution is 2.32. The van der Waals surface area contributed by atoms with Crippen LogP contribution in [0.1, 0.15) is 52.0 Å². The molecule has 1 aromatic rings. The molecule has 1 heterocycles. The van der Waals surface area contributed by atoms with Crippen LogP contribution in [0.15, 0.2) is 12.1 Å². The molecule has 0 spiro atoms. The van der Waals surface area contributed by atoms with Crippen LogP contribution in [-0.4, -0.2) is 28.5 Å². The SMILES string of the molecule is NC(=O)c1c(F)ccc2c1C(=O)N(C1CCC(=O)CC1)C2. The van der Waals surface area contributed by atoms with Crippen molar-refractivity contribution in [3.05, 3.63) is 34.6 Å². The van der Waals surface area contributed by atoms with E-state index in [-0.39, 0.29) is 28.9 Å². The number of ketones is 1. The van der Waals surface area contributed by atoms with Gasteiger partial charge in [0.2, 0.25) is 0 Å². The van der Waals surface area contributed by atoms with Gasteiger partial charge in [0.15, 0.2) is 0 Å². The van der Waals surface area contributed by atoms with E-state index in [1.807, 2.05) is 0 Å². The van der Waals surface area contributed by atoms with Gasteiger partial charge in [0, 0.05) is 25.4 Å². The molecule has 1 aliphatic carbocycles. The Morgan fingerprint density at radius 3 is 2.52 bits per heavy atom. The van der Waals surface area contributed by atoms with Crippen molar-refractivity contribution in [3.63, 3.8) is 0 Å². The Labute approximate surface area is 120 Å². The van der Waals surface area contributed by atoms with Crippen LogP contribution in [0.3, 0.4) is 0 Å². The summed E-state index contributed by atoms with van der Waals surface area (Å²) < 4.78 is 13.8. The lowest BCUT2D eigenvalue weighted by atomic mass is 9.93. The van der Waals surface area contributed by atoms with Crippen LogP contribution in [0.2, 0.25) is 0 Å².